The molecule has 0 aliphatic carbocycles. The molecule has 0 spiro atoms. The number of nitrogens with zero attached hydrogens (tertiary/aromatic N) is 3. The lowest BCUT2D eigenvalue weighted by Gasteiger charge is -2.18. The number of aromatic nitrogens is 2. The van der Waals surface area contributed by atoms with Gasteiger partial charge in [0.15, 0.2) is 0 Å². The average Bonchev–Trinajstić information content (AvgIpc) is 2.48. The van der Waals surface area contributed by atoms with Crippen molar-refractivity contribution in [2.75, 3.05) is 23.2 Å². The molecule has 20 heavy (non-hydrogen) atoms. The van der Waals surface area contributed by atoms with Crippen molar-refractivity contribution in [1.29, 1.82) is 0 Å². The fraction of sp³-hybridized carbons (Fsp3) is 0.231. The molecule has 7 heteroatoms. The smallest absolute Gasteiger partial charge is 0.265 e. The highest BCUT2D eigenvalue weighted by molar-refractivity contribution is 7.92. The van der Waals surface area contributed by atoms with Crippen LogP contribution in [0, 0.1) is 0 Å². The molecule has 2 aromatic rings. The Morgan fingerprint density at radius 1 is 1.20 bits per heavy atom. The summed E-state index contributed by atoms with van der Waals surface area (Å²) in [6.45, 7) is 2.59. The Bertz CT molecular complexity index is 674. The third-order valence-electron chi connectivity index (χ3n) is 2.72. The molecular weight excluding hydrogens is 276 g/mol. The first kappa shape index (κ1) is 14.3. The number of pyridine rings is 2. The molecule has 0 fully saturated rings. The zero-order chi connectivity index (χ0) is 14.6. The van der Waals surface area contributed by atoms with Crippen molar-refractivity contribution in [3.05, 3.63) is 42.7 Å². The second kappa shape index (κ2) is 5.87. The number of hydrogen-bond donors (Lipinski definition) is 1. The Labute approximate surface area is 118 Å². The highest BCUT2D eigenvalue weighted by Crippen LogP contribution is 2.20. The highest BCUT2D eigenvalue weighted by Gasteiger charge is 2.22. The molecule has 0 saturated heterocycles. The van der Waals surface area contributed by atoms with Gasteiger partial charge < -0.3 is 5.32 Å². The third kappa shape index (κ3) is 2.88. The van der Waals surface area contributed by atoms with E-state index in [1.54, 1.807) is 24.4 Å². The first-order valence-corrected chi connectivity index (χ1v) is 7.59. The van der Waals surface area contributed by atoms with Gasteiger partial charge >= 0.3 is 0 Å². The minimum atomic E-state index is -3.64. The van der Waals surface area contributed by atoms with Gasteiger partial charge in [-0.3, -0.25) is 4.31 Å². The van der Waals surface area contributed by atoms with Crippen molar-refractivity contribution in [3.63, 3.8) is 0 Å². The normalized spacial score (nSPS) is 11.1. The van der Waals surface area contributed by atoms with Crippen LogP contribution in [0.1, 0.15) is 6.92 Å². The molecule has 2 heterocycles. The zero-order valence-electron chi connectivity index (χ0n) is 11.3. The summed E-state index contributed by atoms with van der Waals surface area (Å²) in [5, 5.41) is 2.99. The molecule has 0 radical (unpaired) electrons. The van der Waals surface area contributed by atoms with Gasteiger partial charge in [-0.25, -0.2) is 18.4 Å². The van der Waals surface area contributed by atoms with Crippen molar-refractivity contribution in [2.24, 2.45) is 0 Å². The summed E-state index contributed by atoms with van der Waals surface area (Å²) in [7, 11) is -2.16. The molecule has 0 saturated carbocycles. The Kier molecular flexibility index (Phi) is 4.19. The van der Waals surface area contributed by atoms with E-state index >= 15 is 0 Å². The van der Waals surface area contributed by atoms with E-state index in [-0.39, 0.29) is 4.90 Å². The van der Waals surface area contributed by atoms with Crippen LogP contribution < -0.4 is 9.62 Å². The molecular formula is C13H16N4O2S. The van der Waals surface area contributed by atoms with Crippen LogP contribution in [0.5, 0.6) is 0 Å². The first-order chi connectivity index (χ1) is 9.55. The second-order valence-corrected chi connectivity index (χ2v) is 6.04. The summed E-state index contributed by atoms with van der Waals surface area (Å²) in [4.78, 5) is 8.29. The maximum absolute atomic E-state index is 12.5. The predicted octanol–water partition coefficient (Wildman–Crippen LogP) is 1.73. The van der Waals surface area contributed by atoms with E-state index in [4.69, 9.17) is 0 Å². The van der Waals surface area contributed by atoms with Crippen molar-refractivity contribution in [2.45, 2.75) is 11.8 Å². The van der Waals surface area contributed by atoms with Gasteiger partial charge in [0.25, 0.3) is 10.0 Å². The van der Waals surface area contributed by atoms with Crippen molar-refractivity contribution < 1.29 is 8.42 Å². The lowest BCUT2D eigenvalue weighted by molar-refractivity contribution is 0.594. The van der Waals surface area contributed by atoms with Crippen LogP contribution in [-0.4, -0.2) is 32.0 Å². The molecule has 2 rings (SSSR count). The lowest BCUT2D eigenvalue weighted by Crippen LogP contribution is -2.27. The minimum Gasteiger partial charge on any atom is -0.370 e. The molecule has 2 aromatic heterocycles. The van der Waals surface area contributed by atoms with E-state index in [0.717, 1.165) is 4.31 Å². The van der Waals surface area contributed by atoms with Gasteiger partial charge in [-0.2, -0.15) is 0 Å². The van der Waals surface area contributed by atoms with Gasteiger partial charge in [0.2, 0.25) is 0 Å². The Hall–Kier alpha value is -2.15. The third-order valence-corrected chi connectivity index (χ3v) is 4.48. The number of sulfonamides is 1. The van der Waals surface area contributed by atoms with Gasteiger partial charge in [0.05, 0.1) is 4.90 Å². The number of nitrogens with one attached hydrogen (secondary N) is 1. The van der Waals surface area contributed by atoms with Crippen LogP contribution in [-0.2, 0) is 10.0 Å². The summed E-state index contributed by atoms with van der Waals surface area (Å²) >= 11 is 0. The van der Waals surface area contributed by atoms with E-state index in [1.165, 1.54) is 25.4 Å². The van der Waals surface area contributed by atoms with Crippen LogP contribution in [0.4, 0.5) is 11.6 Å². The minimum absolute atomic E-state index is 0.177. The van der Waals surface area contributed by atoms with E-state index in [1.807, 2.05) is 6.92 Å². The summed E-state index contributed by atoms with van der Waals surface area (Å²) in [6, 6.07) is 8.10. The molecule has 6 nitrogen and oxygen atoms in total. The molecule has 1 N–H and O–H groups in total. The molecule has 0 atom stereocenters. The fourth-order valence-corrected chi connectivity index (χ4v) is 2.83. The fourth-order valence-electron chi connectivity index (χ4n) is 1.67. The number of hydrogen-bond acceptors (Lipinski definition) is 5. The molecule has 0 aliphatic rings. The van der Waals surface area contributed by atoms with Crippen molar-refractivity contribution in [1.82, 2.24) is 9.97 Å². The van der Waals surface area contributed by atoms with Crippen LogP contribution in [0.15, 0.2) is 47.6 Å². The van der Waals surface area contributed by atoms with Crippen LogP contribution in [0.3, 0.4) is 0 Å². The van der Waals surface area contributed by atoms with E-state index in [2.05, 4.69) is 15.3 Å². The van der Waals surface area contributed by atoms with Crippen LogP contribution in [0.25, 0.3) is 0 Å². The SMILES string of the molecule is CCNc1cc(S(=O)(=O)N(C)c2ccccn2)ccn1. The van der Waals surface area contributed by atoms with E-state index < -0.39 is 10.0 Å². The van der Waals surface area contributed by atoms with Gasteiger partial charge in [-0.1, -0.05) is 6.07 Å². The quantitative estimate of drug-likeness (QED) is 0.908. The van der Waals surface area contributed by atoms with Gasteiger partial charge in [0.1, 0.15) is 11.6 Å². The van der Waals surface area contributed by atoms with Crippen LogP contribution in [0.2, 0.25) is 0 Å². The standard InChI is InChI=1S/C13H16N4O2S/c1-3-14-12-10-11(7-9-15-12)20(18,19)17(2)13-6-4-5-8-16-13/h4-10H,3H2,1-2H3,(H,14,15). The van der Waals surface area contributed by atoms with Crippen molar-refractivity contribution >= 4 is 21.7 Å². The van der Waals surface area contributed by atoms with Gasteiger partial charge in [-0.05, 0) is 25.1 Å². The molecule has 0 amide bonds. The van der Waals surface area contributed by atoms with E-state index in [9.17, 15) is 8.42 Å². The second-order valence-electron chi connectivity index (χ2n) is 4.07. The first-order valence-electron chi connectivity index (χ1n) is 6.15. The van der Waals surface area contributed by atoms with E-state index in [0.29, 0.717) is 18.2 Å². The monoisotopic (exact) mass is 292 g/mol. The Morgan fingerprint density at radius 3 is 2.65 bits per heavy atom. The maximum Gasteiger partial charge on any atom is 0.265 e. The molecule has 0 aliphatic heterocycles. The average molecular weight is 292 g/mol. The van der Waals surface area contributed by atoms with Crippen molar-refractivity contribution in [3.8, 4) is 0 Å². The summed E-state index contributed by atoms with van der Waals surface area (Å²) in [5.74, 6) is 0.900. The van der Waals surface area contributed by atoms with Crippen LogP contribution >= 0.6 is 0 Å². The topological polar surface area (TPSA) is 75.2 Å². The Balaban J connectivity index is 2.37. The number of rotatable bonds is 5. The summed E-state index contributed by atoms with van der Waals surface area (Å²) in [5.41, 5.74) is 0. The Morgan fingerprint density at radius 2 is 2.00 bits per heavy atom. The lowest BCUT2D eigenvalue weighted by atomic mass is 10.4. The summed E-state index contributed by atoms with van der Waals surface area (Å²) in [6.07, 6.45) is 3.02. The number of anilines is 2. The zero-order valence-corrected chi connectivity index (χ0v) is 12.1. The van der Waals surface area contributed by atoms with Gasteiger partial charge in [0, 0.05) is 32.1 Å². The van der Waals surface area contributed by atoms with Gasteiger partial charge in [-0.15, -0.1) is 0 Å². The predicted molar refractivity (Wildman–Crippen MR) is 78.2 cm³/mol. The molecule has 0 unspecified atom stereocenters. The molecule has 106 valence electrons. The molecule has 0 bridgehead atoms. The largest absolute Gasteiger partial charge is 0.370 e. The maximum atomic E-state index is 12.5. The highest BCUT2D eigenvalue weighted by atomic mass is 32.2. The summed E-state index contributed by atoms with van der Waals surface area (Å²) < 4.78 is 26.2. The molecule has 0 aromatic carbocycles.